The maximum atomic E-state index is 12.4. The predicted octanol–water partition coefficient (Wildman–Crippen LogP) is 2.77. The van der Waals surface area contributed by atoms with Gasteiger partial charge in [-0.2, -0.15) is 0 Å². The molecule has 2 aliphatic carbocycles. The van der Waals surface area contributed by atoms with Crippen molar-refractivity contribution in [3.63, 3.8) is 0 Å². The van der Waals surface area contributed by atoms with Gasteiger partial charge in [-0.15, -0.1) is 0 Å². The molecular formula is C14H12O3. The van der Waals surface area contributed by atoms with Crippen LogP contribution < -0.4 is 0 Å². The molecule has 1 fully saturated rings. The summed E-state index contributed by atoms with van der Waals surface area (Å²) in [6.07, 6.45) is 0. The maximum absolute atomic E-state index is 12.4. The third-order valence-electron chi connectivity index (χ3n) is 4.58. The van der Waals surface area contributed by atoms with Crippen molar-refractivity contribution in [1.29, 1.82) is 0 Å². The highest BCUT2D eigenvalue weighted by Crippen LogP contribution is 2.56. The highest BCUT2D eigenvalue weighted by Gasteiger charge is 2.59. The van der Waals surface area contributed by atoms with E-state index in [0.717, 1.165) is 0 Å². The molecule has 2 aromatic rings. The lowest BCUT2D eigenvalue weighted by molar-refractivity contribution is 0.0914. The minimum Gasteiger partial charge on any atom is -0.456 e. The Morgan fingerprint density at radius 2 is 1.59 bits per heavy atom. The molecule has 4 unspecified atom stereocenters. The molecule has 1 saturated carbocycles. The van der Waals surface area contributed by atoms with E-state index in [9.17, 15) is 9.59 Å². The fourth-order valence-electron chi connectivity index (χ4n) is 3.59. The van der Waals surface area contributed by atoms with E-state index in [0.29, 0.717) is 28.2 Å². The Labute approximate surface area is 98.1 Å². The third kappa shape index (κ3) is 0.900. The van der Waals surface area contributed by atoms with Gasteiger partial charge in [-0.3, -0.25) is 9.59 Å². The Morgan fingerprint density at radius 3 is 2.24 bits per heavy atom. The summed E-state index contributed by atoms with van der Waals surface area (Å²) in [6.45, 7) is 4.00. The first-order valence-corrected chi connectivity index (χ1v) is 6.04. The van der Waals surface area contributed by atoms with Crippen molar-refractivity contribution in [2.45, 2.75) is 13.8 Å². The van der Waals surface area contributed by atoms with E-state index >= 15 is 0 Å². The zero-order chi connectivity index (χ0) is 11.9. The van der Waals surface area contributed by atoms with Gasteiger partial charge in [-0.1, -0.05) is 13.8 Å². The molecule has 0 N–H and O–H groups in total. The Morgan fingerprint density at radius 1 is 1.00 bits per heavy atom. The lowest BCUT2D eigenvalue weighted by Crippen LogP contribution is -2.14. The van der Waals surface area contributed by atoms with Gasteiger partial charge in [-0.25, -0.2) is 0 Å². The summed E-state index contributed by atoms with van der Waals surface area (Å²) in [5.74, 6) is 0.747. The fraction of sp³-hybridized carbons (Fsp3) is 0.429. The van der Waals surface area contributed by atoms with E-state index in [1.165, 1.54) is 0 Å². The molecule has 4 rings (SSSR count). The van der Waals surface area contributed by atoms with E-state index in [1.807, 2.05) is 6.92 Å². The molecule has 0 spiro atoms. The van der Waals surface area contributed by atoms with Crippen molar-refractivity contribution < 1.29 is 14.0 Å². The van der Waals surface area contributed by atoms with Gasteiger partial charge in [0.15, 0.2) is 11.6 Å². The molecule has 0 aliphatic heterocycles. The van der Waals surface area contributed by atoms with Crippen LogP contribution in [0.4, 0.5) is 0 Å². The van der Waals surface area contributed by atoms with Crippen LogP contribution in [-0.4, -0.2) is 11.6 Å². The van der Waals surface area contributed by atoms with Crippen LogP contribution in [0.5, 0.6) is 0 Å². The van der Waals surface area contributed by atoms with Crippen molar-refractivity contribution >= 4 is 22.7 Å². The highest BCUT2D eigenvalue weighted by atomic mass is 16.3. The molecule has 3 heteroatoms. The highest BCUT2D eigenvalue weighted by molar-refractivity contribution is 6.21. The molecule has 0 aromatic carbocycles. The molecule has 0 radical (unpaired) electrons. The Hall–Kier alpha value is -1.64. The summed E-state index contributed by atoms with van der Waals surface area (Å²) in [7, 11) is 0. The minimum atomic E-state index is -0.0594. The zero-order valence-corrected chi connectivity index (χ0v) is 9.69. The van der Waals surface area contributed by atoms with E-state index in [1.54, 1.807) is 12.1 Å². The van der Waals surface area contributed by atoms with Crippen molar-refractivity contribution in [3.8, 4) is 0 Å². The standard InChI is InChI=1S/C14H12O3/c1-5-9-6(2)13(15)11-7-3-4-8(17-7)12(11)14(16)10(5)9/h3-6,9-10H,1-2H3. The summed E-state index contributed by atoms with van der Waals surface area (Å²) in [5.41, 5.74) is 2.25. The molecule has 2 aromatic heterocycles. The Bertz CT molecular complexity index is 641. The van der Waals surface area contributed by atoms with Crippen LogP contribution in [-0.2, 0) is 0 Å². The number of fused-ring (bicyclic) bond motifs is 6. The molecular weight excluding hydrogens is 216 g/mol. The number of ketones is 2. The summed E-state index contributed by atoms with van der Waals surface area (Å²) >= 11 is 0. The second-order valence-corrected chi connectivity index (χ2v) is 5.39. The molecule has 2 aliphatic rings. The van der Waals surface area contributed by atoms with Crippen molar-refractivity contribution in [2.75, 3.05) is 0 Å². The van der Waals surface area contributed by atoms with Gasteiger partial charge in [-0.05, 0) is 24.0 Å². The van der Waals surface area contributed by atoms with Crippen LogP contribution in [0.25, 0.3) is 11.2 Å². The summed E-state index contributed by atoms with van der Waals surface area (Å²) in [4.78, 5) is 24.8. The van der Waals surface area contributed by atoms with E-state index in [2.05, 4.69) is 6.92 Å². The SMILES string of the molecule is CC1C(=O)c2c(c3ccc2o3)C(=O)C2C(C)C12. The smallest absolute Gasteiger partial charge is 0.171 e. The zero-order valence-electron chi connectivity index (χ0n) is 9.69. The molecule has 4 atom stereocenters. The third-order valence-corrected chi connectivity index (χ3v) is 4.58. The number of carbonyl (C=O) groups is 2. The van der Waals surface area contributed by atoms with Gasteiger partial charge in [0.1, 0.15) is 11.2 Å². The average molecular weight is 228 g/mol. The second kappa shape index (κ2) is 2.61. The second-order valence-electron chi connectivity index (χ2n) is 5.39. The summed E-state index contributed by atoms with van der Waals surface area (Å²) in [6, 6.07) is 3.57. The van der Waals surface area contributed by atoms with Gasteiger partial charge in [0.05, 0.1) is 11.1 Å². The van der Waals surface area contributed by atoms with Gasteiger partial charge in [0.25, 0.3) is 0 Å². The average Bonchev–Trinajstić information content (AvgIpc) is 2.72. The summed E-state index contributed by atoms with van der Waals surface area (Å²) < 4.78 is 5.47. The molecule has 2 heterocycles. The number of carbonyl (C=O) groups excluding carboxylic acids is 2. The topological polar surface area (TPSA) is 47.3 Å². The van der Waals surface area contributed by atoms with Crippen LogP contribution in [0.15, 0.2) is 16.5 Å². The number of Topliss-reactive ketones (excluding diaryl/α,β-unsaturated/α-hetero) is 2. The van der Waals surface area contributed by atoms with Gasteiger partial charge < -0.3 is 4.42 Å². The Balaban J connectivity index is 2.03. The van der Waals surface area contributed by atoms with Crippen LogP contribution in [0.1, 0.15) is 34.6 Å². The molecule has 3 nitrogen and oxygen atoms in total. The molecule has 0 saturated heterocycles. The quantitative estimate of drug-likeness (QED) is 0.696. The summed E-state index contributed by atoms with van der Waals surface area (Å²) in [5, 5.41) is 0. The lowest BCUT2D eigenvalue weighted by Gasteiger charge is -2.07. The first kappa shape index (κ1) is 9.40. The molecule has 0 amide bonds. The van der Waals surface area contributed by atoms with Crippen LogP contribution in [0.2, 0.25) is 0 Å². The first-order chi connectivity index (χ1) is 8.11. The normalized spacial score (nSPS) is 35.9. The van der Waals surface area contributed by atoms with Gasteiger partial charge in [0, 0.05) is 11.8 Å². The fourth-order valence-corrected chi connectivity index (χ4v) is 3.59. The van der Waals surface area contributed by atoms with Crippen LogP contribution in [0.3, 0.4) is 0 Å². The van der Waals surface area contributed by atoms with Crippen LogP contribution in [0, 0.1) is 23.7 Å². The van der Waals surface area contributed by atoms with E-state index in [4.69, 9.17) is 4.42 Å². The number of hydrogen-bond donors (Lipinski definition) is 0. The van der Waals surface area contributed by atoms with E-state index in [-0.39, 0.29) is 29.3 Å². The maximum Gasteiger partial charge on any atom is 0.171 e. The molecule has 17 heavy (non-hydrogen) atoms. The number of furan rings is 2. The minimum absolute atomic E-state index is 0.0332. The monoisotopic (exact) mass is 228 g/mol. The first-order valence-electron chi connectivity index (χ1n) is 6.04. The number of hydrogen-bond acceptors (Lipinski definition) is 3. The lowest BCUT2D eigenvalue weighted by atomic mass is 9.93. The van der Waals surface area contributed by atoms with Crippen LogP contribution >= 0.6 is 0 Å². The largest absolute Gasteiger partial charge is 0.456 e. The van der Waals surface area contributed by atoms with E-state index < -0.39 is 0 Å². The van der Waals surface area contributed by atoms with Crippen molar-refractivity contribution in [1.82, 2.24) is 0 Å². The number of benzene rings is 1. The van der Waals surface area contributed by atoms with Gasteiger partial charge >= 0.3 is 0 Å². The molecule has 86 valence electrons. The predicted molar refractivity (Wildman–Crippen MR) is 61.4 cm³/mol. The van der Waals surface area contributed by atoms with Crippen molar-refractivity contribution in [2.24, 2.45) is 23.7 Å². The van der Waals surface area contributed by atoms with Gasteiger partial charge in [0.2, 0.25) is 0 Å². The van der Waals surface area contributed by atoms with Crippen molar-refractivity contribution in [3.05, 3.63) is 23.3 Å². The Kier molecular flexibility index (Phi) is 1.44. The molecule has 2 bridgehead atoms. The number of rotatable bonds is 0.